The van der Waals surface area contributed by atoms with E-state index in [1.54, 1.807) is 0 Å². The summed E-state index contributed by atoms with van der Waals surface area (Å²) < 4.78 is 16.3. The molecule has 6 heteroatoms. The topological polar surface area (TPSA) is 35.6 Å². The molecule has 2 unspecified atom stereocenters. The number of benzene rings is 2. The Bertz CT molecular complexity index is 782. The lowest BCUT2D eigenvalue weighted by Crippen LogP contribution is -2.54. The molecule has 2 aromatic carbocycles. The van der Waals surface area contributed by atoms with Gasteiger partial charge in [-0.15, -0.1) is 0 Å². The molecule has 2 heterocycles. The van der Waals surface area contributed by atoms with E-state index in [0.29, 0.717) is 12.1 Å². The molecule has 2 aromatic rings. The Balaban J connectivity index is 1.41. The summed E-state index contributed by atoms with van der Waals surface area (Å²) in [7, 11) is 0. The lowest BCUT2D eigenvalue weighted by atomic mass is 10.1. The van der Waals surface area contributed by atoms with Crippen LogP contribution in [-0.2, 0) is 6.54 Å². The molecule has 0 aliphatic carbocycles. The van der Waals surface area contributed by atoms with Gasteiger partial charge in [0.1, 0.15) is 5.82 Å². The summed E-state index contributed by atoms with van der Waals surface area (Å²) in [6.45, 7) is 2.36. The predicted molar refractivity (Wildman–Crippen MR) is 108 cm³/mol. The van der Waals surface area contributed by atoms with E-state index in [4.69, 9.17) is 0 Å². The normalized spacial score (nSPS) is 22.1. The van der Waals surface area contributed by atoms with Gasteiger partial charge in [0.15, 0.2) is 0 Å². The molecule has 1 amide bonds. The standard InChI is InChI=1S/C21H24FN3OS/c1-27-23-18-8-4-16(5-9-18)21(26)24-13-19-10-11-20(14-24)25(19)12-15-2-6-17(22)7-3-15/h2-9,19-20,23H,10-14H2,1H3. The number of hydrogen-bond acceptors (Lipinski definition) is 4. The van der Waals surface area contributed by atoms with Crippen molar-refractivity contribution in [1.29, 1.82) is 0 Å². The maximum absolute atomic E-state index is 13.1. The minimum absolute atomic E-state index is 0.115. The lowest BCUT2D eigenvalue weighted by molar-refractivity contribution is 0.0423. The number of fused-ring (bicyclic) bond motifs is 2. The molecule has 2 atom stereocenters. The first-order chi connectivity index (χ1) is 13.1. The minimum atomic E-state index is -0.198. The van der Waals surface area contributed by atoms with Crippen molar-refractivity contribution < 1.29 is 9.18 Å². The molecule has 27 heavy (non-hydrogen) atoms. The molecule has 142 valence electrons. The van der Waals surface area contributed by atoms with Gasteiger partial charge in [0, 0.05) is 49.2 Å². The van der Waals surface area contributed by atoms with Crippen molar-refractivity contribution in [3.05, 3.63) is 65.5 Å². The monoisotopic (exact) mass is 385 g/mol. The zero-order chi connectivity index (χ0) is 18.8. The smallest absolute Gasteiger partial charge is 0.253 e. The number of rotatable bonds is 5. The van der Waals surface area contributed by atoms with Gasteiger partial charge >= 0.3 is 0 Å². The zero-order valence-electron chi connectivity index (χ0n) is 15.4. The first-order valence-corrected chi connectivity index (χ1v) is 10.5. The third-order valence-corrected chi connectivity index (χ3v) is 5.99. The Hall–Kier alpha value is -2.05. The predicted octanol–water partition coefficient (Wildman–Crippen LogP) is 4.00. The molecule has 0 radical (unpaired) electrons. The van der Waals surface area contributed by atoms with Gasteiger partial charge < -0.3 is 9.62 Å². The van der Waals surface area contributed by atoms with Crippen LogP contribution in [-0.4, -0.2) is 47.1 Å². The molecule has 0 spiro atoms. The first-order valence-electron chi connectivity index (χ1n) is 9.32. The zero-order valence-corrected chi connectivity index (χ0v) is 16.2. The molecular weight excluding hydrogens is 361 g/mol. The number of halogens is 1. The fourth-order valence-corrected chi connectivity index (χ4v) is 4.57. The van der Waals surface area contributed by atoms with Crippen molar-refractivity contribution in [3.63, 3.8) is 0 Å². The third kappa shape index (κ3) is 3.96. The average Bonchev–Trinajstić information content (AvgIpc) is 2.91. The highest BCUT2D eigenvalue weighted by Gasteiger charge is 2.41. The second-order valence-corrected chi connectivity index (χ2v) is 7.89. The van der Waals surface area contributed by atoms with Gasteiger partial charge in [0.2, 0.25) is 0 Å². The highest BCUT2D eigenvalue weighted by Crippen LogP contribution is 2.32. The summed E-state index contributed by atoms with van der Waals surface area (Å²) in [6.07, 6.45) is 4.21. The molecule has 0 saturated carbocycles. The van der Waals surface area contributed by atoms with Crippen molar-refractivity contribution in [1.82, 2.24) is 9.80 Å². The van der Waals surface area contributed by atoms with Crippen LogP contribution < -0.4 is 4.72 Å². The molecular formula is C21H24FN3OS. The van der Waals surface area contributed by atoms with Gasteiger partial charge in [-0.25, -0.2) is 4.39 Å². The van der Waals surface area contributed by atoms with Gasteiger partial charge in [-0.05, 0) is 54.8 Å². The Morgan fingerprint density at radius 2 is 1.70 bits per heavy atom. The quantitative estimate of drug-likeness (QED) is 0.789. The highest BCUT2D eigenvalue weighted by molar-refractivity contribution is 7.99. The van der Waals surface area contributed by atoms with Gasteiger partial charge in [-0.1, -0.05) is 24.1 Å². The average molecular weight is 386 g/mol. The summed E-state index contributed by atoms with van der Waals surface area (Å²) in [5, 5.41) is 0. The van der Waals surface area contributed by atoms with E-state index in [0.717, 1.165) is 49.3 Å². The van der Waals surface area contributed by atoms with E-state index in [-0.39, 0.29) is 11.7 Å². The number of anilines is 1. The molecule has 1 N–H and O–H groups in total. The SMILES string of the molecule is CSNc1ccc(C(=O)N2CC3CCC(C2)N3Cc2ccc(F)cc2)cc1. The minimum Gasteiger partial charge on any atom is -0.336 e. The molecule has 4 nitrogen and oxygen atoms in total. The summed E-state index contributed by atoms with van der Waals surface area (Å²) in [6, 6.07) is 15.2. The summed E-state index contributed by atoms with van der Waals surface area (Å²) in [5.74, 6) is -0.0834. The first kappa shape index (κ1) is 18.3. The second-order valence-electron chi connectivity index (χ2n) is 7.28. The Morgan fingerprint density at radius 3 is 2.30 bits per heavy atom. The van der Waals surface area contributed by atoms with Gasteiger partial charge in [0.05, 0.1) is 0 Å². The highest BCUT2D eigenvalue weighted by atomic mass is 32.2. The van der Waals surface area contributed by atoms with Crippen LogP contribution >= 0.6 is 11.9 Å². The van der Waals surface area contributed by atoms with Crippen molar-refractivity contribution >= 4 is 23.5 Å². The number of hydrogen-bond donors (Lipinski definition) is 1. The largest absolute Gasteiger partial charge is 0.336 e. The molecule has 2 saturated heterocycles. The summed E-state index contributed by atoms with van der Waals surface area (Å²) >= 11 is 1.54. The Morgan fingerprint density at radius 1 is 1.07 bits per heavy atom. The number of carbonyl (C=O) groups is 1. The van der Waals surface area contributed by atoms with Crippen LogP contribution in [0.15, 0.2) is 48.5 Å². The van der Waals surface area contributed by atoms with Crippen LogP contribution in [0.5, 0.6) is 0 Å². The van der Waals surface area contributed by atoms with Crippen molar-refractivity contribution in [2.24, 2.45) is 0 Å². The van der Waals surface area contributed by atoms with Crippen molar-refractivity contribution in [2.75, 3.05) is 24.1 Å². The Labute approximate surface area is 163 Å². The van der Waals surface area contributed by atoms with E-state index in [9.17, 15) is 9.18 Å². The fraction of sp³-hybridized carbons (Fsp3) is 0.381. The van der Waals surface area contributed by atoms with E-state index >= 15 is 0 Å². The molecule has 2 aliphatic heterocycles. The van der Waals surface area contributed by atoms with Crippen LogP contribution in [0.1, 0.15) is 28.8 Å². The fourth-order valence-electron chi connectivity index (χ4n) is 4.20. The van der Waals surface area contributed by atoms with Crippen LogP contribution in [0, 0.1) is 5.82 Å². The van der Waals surface area contributed by atoms with E-state index < -0.39 is 0 Å². The number of piperazine rings is 1. The molecule has 4 rings (SSSR count). The maximum atomic E-state index is 13.1. The van der Waals surface area contributed by atoms with Gasteiger partial charge in [-0.2, -0.15) is 0 Å². The second kappa shape index (κ2) is 7.90. The number of nitrogens with zero attached hydrogens (tertiary/aromatic N) is 2. The molecule has 2 aliphatic rings. The summed E-state index contributed by atoms with van der Waals surface area (Å²) in [4.78, 5) is 17.4. The number of carbonyl (C=O) groups excluding carboxylic acids is 1. The number of amides is 1. The van der Waals surface area contributed by atoms with E-state index in [1.165, 1.54) is 24.1 Å². The van der Waals surface area contributed by atoms with Gasteiger partial charge in [-0.3, -0.25) is 9.69 Å². The lowest BCUT2D eigenvalue weighted by Gasteiger charge is -2.41. The van der Waals surface area contributed by atoms with Crippen molar-refractivity contribution in [2.45, 2.75) is 31.5 Å². The van der Waals surface area contributed by atoms with Crippen LogP contribution in [0.3, 0.4) is 0 Å². The van der Waals surface area contributed by atoms with Crippen LogP contribution in [0.2, 0.25) is 0 Å². The molecule has 2 fully saturated rings. The van der Waals surface area contributed by atoms with E-state index in [1.807, 2.05) is 47.6 Å². The van der Waals surface area contributed by atoms with Crippen LogP contribution in [0.25, 0.3) is 0 Å². The van der Waals surface area contributed by atoms with Gasteiger partial charge in [0.25, 0.3) is 5.91 Å². The van der Waals surface area contributed by atoms with E-state index in [2.05, 4.69) is 9.62 Å². The number of likely N-dealkylation sites (tertiary alicyclic amines) is 1. The maximum Gasteiger partial charge on any atom is 0.253 e. The third-order valence-electron chi connectivity index (χ3n) is 5.55. The number of nitrogens with one attached hydrogen (secondary N) is 1. The molecule has 2 bridgehead atoms. The Kier molecular flexibility index (Phi) is 5.36. The van der Waals surface area contributed by atoms with Crippen molar-refractivity contribution in [3.8, 4) is 0 Å². The van der Waals surface area contributed by atoms with Crippen LogP contribution in [0.4, 0.5) is 10.1 Å². The molecule has 0 aromatic heterocycles. The summed E-state index contributed by atoms with van der Waals surface area (Å²) in [5.41, 5.74) is 2.88.